The van der Waals surface area contributed by atoms with Gasteiger partial charge in [-0.15, -0.1) is 10.2 Å². The van der Waals surface area contributed by atoms with Crippen molar-refractivity contribution in [2.24, 2.45) is 0 Å². The van der Waals surface area contributed by atoms with Crippen molar-refractivity contribution in [2.75, 3.05) is 6.61 Å². The Kier molecular flexibility index (Phi) is 3.34. The van der Waals surface area contributed by atoms with E-state index in [1.165, 1.54) is 12.1 Å². The minimum atomic E-state index is -0.998. The van der Waals surface area contributed by atoms with E-state index in [-0.39, 0.29) is 17.9 Å². The van der Waals surface area contributed by atoms with Crippen LogP contribution in [-0.4, -0.2) is 43.5 Å². The van der Waals surface area contributed by atoms with E-state index in [0.717, 1.165) is 0 Å². The summed E-state index contributed by atoms with van der Waals surface area (Å²) in [6.07, 6.45) is 0. The van der Waals surface area contributed by atoms with Crippen LogP contribution in [0.1, 0.15) is 27.8 Å². The molecule has 0 aliphatic rings. The number of carboxylic acids is 1. The number of aromatic nitrogens is 4. The lowest BCUT2D eigenvalue weighted by Gasteiger charge is -2.00. The van der Waals surface area contributed by atoms with E-state index < -0.39 is 11.9 Å². The van der Waals surface area contributed by atoms with E-state index in [4.69, 9.17) is 9.84 Å². The first-order valence-corrected chi connectivity index (χ1v) is 6.55. The molecule has 3 rings (SSSR count). The standard InChI is InChI=1S/C14H12N4O4/c1-2-22-14(21)10-7-11-15-16-12(18(11)17-10)8-3-5-9(6-4-8)13(19)20/h3-7,17H,2H2,1H3,(H,19,20). The highest BCUT2D eigenvalue weighted by molar-refractivity contribution is 5.89. The summed E-state index contributed by atoms with van der Waals surface area (Å²) in [5.41, 5.74) is 1.61. The number of H-pyrrole nitrogens is 1. The van der Waals surface area contributed by atoms with Crippen molar-refractivity contribution in [3.63, 3.8) is 0 Å². The smallest absolute Gasteiger partial charge is 0.356 e. The van der Waals surface area contributed by atoms with Crippen molar-refractivity contribution >= 4 is 17.6 Å². The highest BCUT2D eigenvalue weighted by Crippen LogP contribution is 2.19. The lowest BCUT2D eigenvalue weighted by molar-refractivity contribution is 0.0518. The minimum Gasteiger partial charge on any atom is -0.478 e. The van der Waals surface area contributed by atoms with Crippen molar-refractivity contribution < 1.29 is 19.4 Å². The maximum absolute atomic E-state index is 11.7. The Morgan fingerprint density at radius 1 is 1.27 bits per heavy atom. The van der Waals surface area contributed by atoms with E-state index >= 15 is 0 Å². The third kappa shape index (κ3) is 2.30. The number of rotatable bonds is 4. The van der Waals surface area contributed by atoms with E-state index in [0.29, 0.717) is 17.0 Å². The quantitative estimate of drug-likeness (QED) is 0.708. The first kappa shape index (κ1) is 13.8. The number of aromatic carboxylic acids is 1. The number of carbonyl (C=O) groups excluding carboxylic acids is 1. The first-order chi connectivity index (χ1) is 10.6. The molecule has 0 bridgehead atoms. The van der Waals surface area contributed by atoms with Gasteiger partial charge in [-0.25, -0.2) is 14.1 Å². The highest BCUT2D eigenvalue weighted by Gasteiger charge is 2.16. The summed E-state index contributed by atoms with van der Waals surface area (Å²) in [6.45, 7) is 2.00. The summed E-state index contributed by atoms with van der Waals surface area (Å²) < 4.78 is 6.46. The first-order valence-electron chi connectivity index (χ1n) is 6.55. The highest BCUT2D eigenvalue weighted by atomic mass is 16.5. The second kappa shape index (κ2) is 5.32. The van der Waals surface area contributed by atoms with Crippen LogP contribution < -0.4 is 0 Å². The number of esters is 1. The Hall–Kier alpha value is -3.16. The van der Waals surface area contributed by atoms with Crippen LogP contribution in [0.25, 0.3) is 17.0 Å². The Morgan fingerprint density at radius 3 is 2.64 bits per heavy atom. The molecule has 0 aliphatic carbocycles. The maximum Gasteiger partial charge on any atom is 0.356 e. The van der Waals surface area contributed by atoms with Gasteiger partial charge in [0.05, 0.1) is 12.2 Å². The Morgan fingerprint density at radius 2 is 2.00 bits per heavy atom. The summed E-state index contributed by atoms with van der Waals surface area (Å²) in [4.78, 5) is 22.6. The van der Waals surface area contributed by atoms with Gasteiger partial charge in [0, 0.05) is 11.6 Å². The molecule has 0 aliphatic heterocycles. The fourth-order valence-corrected chi connectivity index (χ4v) is 2.04. The topological polar surface area (TPSA) is 110 Å². The summed E-state index contributed by atoms with van der Waals surface area (Å²) in [5.74, 6) is -0.995. The number of ether oxygens (including phenoxy) is 1. The monoisotopic (exact) mass is 300 g/mol. The van der Waals surface area contributed by atoms with Crippen LogP contribution in [-0.2, 0) is 4.74 Å². The summed E-state index contributed by atoms with van der Waals surface area (Å²) >= 11 is 0. The molecule has 1 aromatic carbocycles. The molecule has 0 spiro atoms. The molecule has 0 saturated heterocycles. The molecule has 22 heavy (non-hydrogen) atoms. The third-order valence-electron chi connectivity index (χ3n) is 3.08. The van der Waals surface area contributed by atoms with Crippen LogP contribution in [0.3, 0.4) is 0 Å². The van der Waals surface area contributed by atoms with Crippen molar-refractivity contribution in [1.82, 2.24) is 19.8 Å². The number of fused-ring (bicyclic) bond motifs is 1. The zero-order valence-corrected chi connectivity index (χ0v) is 11.6. The van der Waals surface area contributed by atoms with Gasteiger partial charge >= 0.3 is 11.9 Å². The van der Waals surface area contributed by atoms with E-state index in [9.17, 15) is 9.59 Å². The zero-order chi connectivity index (χ0) is 15.7. The Bertz CT molecular complexity index is 847. The molecular weight excluding hydrogens is 288 g/mol. The van der Waals surface area contributed by atoms with Crippen LogP contribution in [0.5, 0.6) is 0 Å². The molecule has 2 heterocycles. The number of nitrogens with zero attached hydrogens (tertiary/aromatic N) is 3. The summed E-state index contributed by atoms with van der Waals surface area (Å²) in [6, 6.07) is 7.76. The second-order valence-electron chi connectivity index (χ2n) is 4.49. The van der Waals surface area contributed by atoms with Crippen LogP contribution in [0.15, 0.2) is 30.3 Å². The van der Waals surface area contributed by atoms with Gasteiger partial charge in [0.1, 0.15) is 5.69 Å². The molecule has 2 aromatic heterocycles. The van der Waals surface area contributed by atoms with Crippen LogP contribution in [0.2, 0.25) is 0 Å². The lowest BCUT2D eigenvalue weighted by Crippen LogP contribution is -2.05. The average molecular weight is 300 g/mol. The van der Waals surface area contributed by atoms with Gasteiger partial charge in [0.25, 0.3) is 0 Å². The molecule has 0 atom stereocenters. The number of carbonyl (C=O) groups is 2. The van der Waals surface area contributed by atoms with Gasteiger partial charge in [-0.05, 0) is 19.1 Å². The molecule has 112 valence electrons. The molecule has 8 heteroatoms. The van der Waals surface area contributed by atoms with Crippen LogP contribution in [0.4, 0.5) is 0 Å². The number of benzene rings is 1. The predicted octanol–water partition coefficient (Wildman–Crippen LogP) is 1.60. The molecule has 8 nitrogen and oxygen atoms in total. The molecule has 0 radical (unpaired) electrons. The van der Waals surface area contributed by atoms with Crippen molar-refractivity contribution in [3.8, 4) is 11.4 Å². The van der Waals surface area contributed by atoms with E-state index in [2.05, 4.69) is 15.3 Å². The normalized spacial score (nSPS) is 10.8. The summed E-state index contributed by atoms with van der Waals surface area (Å²) in [5, 5.41) is 19.8. The largest absolute Gasteiger partial charge is 0.478 e. The number of hydrogen-bond donors (Lipinski definition) is 2. The van der Waals surface area contributed by atoms with Crippen molar-refractivity contribution in [1.29, 1.82) is 0 Å². The SMILES string of the molecule is CCOC(=O)c1cc2nnc(-c3ccc(C(=O)O)cc3)n2[nH]1. The summed E-state index contributed by atoms with van der Waals surface area (Å²) in [7, 11) is 0. The number of nitrogens with one attached hydrogen (secondary N) is 1. The molecule has 0 unspecified atom stereocenters. The van der Waals surface area contributed by atoms with E-state index in [1.807, 2.05) is 0 Å². The molecule has 0 saturated carbocycles. The van der Waals surface area contributed by atoms with Crippen LogP contribution in [0, 0.1) is 0 Å². The van der Waals surface area contributed by atoms with Gasteiger partial charge in [-0.2, -0.15) is 0 Å². The average Bonchev–Trinajstić information content (AvgIpc) is 3.07. The fourth-order valence-electron chi connectivity index (χ4n) is 2.04. The molecule has 3 aromatic rings. The molecule has 2 N–H and O–H groups in total. The Balaban J connectivity index is 2.00. The zero-order valence-electron chi connectivity index (χ0n) is 11.6. The number of aromatic amines is 1. The van der Waals surface area contributed by atoms with Gasteiger partial charge in [0.2, 0.25) is 0 Å². The molecule has 0 fully saturated rings. The molecular formula is C14H12N4O4. The van der Waals surface area contributed by atoms with E-state index in [1.54, 1.807) is 29.6 Å². The fraction of sp³-hybridized carbons (Fsp3) is 0.143. The number of carboxylic acid groups (broad SMARTS) is 1. The van der Waals surface area contributed by atoms with Gasteiger partial charge in [-0.3, -0.25) is 5.10 Å². The van der Waals surface area contributed by atoms with Crippen molar-refractivity contribution in [3.05, 3.63) is 41.6 Å². The lowest BCUT2D eigenvalue weighted by atomic mass is 10.1. The second-order valence-corrected chi connectivity index (χ2v) is 4.49. The molecule has 0 amide bonds. The number of hydrogen-bond acceptors (Lipinski definition) is 5. The van der Waals surface area contributed by atoms with Crippen molar-refractivity contribution in [2.45, 2.75) is 6.92 Å². The van der Waals surface area contributed by atoms with Gasteiger partial charge in [-0.1, -0.05) is 12.1 Å². The minimum absolute atomic E-state index is 0.184. The Labute approximate surface area is 124 Å². The maximum atomic E-state index is 11.7. The predicted molar refractivity (Wildman–Crippen MR) is 75.7 cm³/mol. The van der Waals surface area contributed by atoms with Gasteiger partial charge in [0.15, 0.2) is 11.5 Å². The van der Waals surface area contributed by atoms with Gasteiger partial charge < -0.3 is 9.84 Å². The van der Waals surface area contributed by atoms with Crippen LogP contribution >= 0.6 is 0 Å². The third-order valence-corrected chi connectivity index (χ3v) is 3.08.